The molecule has 1 aliphatic carbocycles. The number of carboxylic acid groups (broad SMARTS) is 1. The van der Waals surface area contributed by atoms with Gasteiger partial charge in [0.05, 0.1) is 35.3 Å². The first-order chi connectivity index (χ1) is 16.8. The molecule has 0 amide bonds. The maximum Gasteiger partial charge on any atom is 0.307 e. The molecule has 1 aromatic carbocycles. The highest BCUT2D eigenvalue weighted by molar-refractivity contribution is 5.78. The number of pyridine rings is 1. The van der Waals surface area contributed by atoms with Gasteiger partial charge >= 0.3 is 5.97 Å². The van der Waals surface area contributed by atoms with Crippen molar-refractivity contribution in [2.24, 2.45) is 13.0 Å². The Hall–Kier alpha value is -4.07. The van der Waals surface area contributed by atoms with Gasteiger partial charge in [-0.3, -0.25) is 19.4 Å². The summed E-state index contributed by atoms with van der Waals surface area (Å²) >= 11 is 0. The molecule has 2 N–H and O–H groups in total. The van der Waals surface area contributed by atoms with Crippen molar-refractivity contribution in [2.45, 2.75) is 39.0 Å². The number of aromatic nitrogens is 5. The van der Waals surface area contributed by atoms with Crippen molar-refractivity contribution in [3.8, 4) is 22.4 Å². The van der Waals surface area contributed by atoms with Gasteiger partial charge in [-0.15, -0.1) is 0 Å². The van der Waals surface area contributed by atoms with Crippen molar-refractivity contribution in [3.05, 3.63) is 71.9 Å². The molecular weight excluding hydrogens is 440 g/mol. The third kappa shape index (κ3) is 4.51. The summed E-state index contributed by atoms with van der Waals surface area (Å²) in [5.74, 6) is 0.906. The molecule has 2 unspecified atom stereocenters. The Labute approximate surface area is 204 Å². The highest BCUT2D eigenvalue weighted by Gasteiger charge is 2.44. The van der Waals surface area contributed by atoms with Crippen LogP contribution in [-0.4, -0.2) is 35.8 Å². The first-order valence-electron chi connectivity index (χ1n) is 11.7. The average molecular weight is 469 g/mol. The van der Waals surface area contributed by atoms with Gasteiger partial charge in [0.15, 0.2) is 0 Å². The van der Waals surface area contributed by atoms with E-state index in [1.54, 1.807) is 23.3 Å². The lowest BCUT2D eigenvalue weighted by Crippen LogP contribution is -2.04. The van der Waals surface area contributed by atoms with Crippen LogP contribution in [0.5, 0.6) is 0 Å². The van der Waals surface area contributed by atoms with Crippen LogP contribution in [0.2, 0.25) is 0 Å². The predicted octanol–water partition coefficient (Wildman–Crippen LogP) is 5.30. The minimum absolute atomic E-state index is 0.128. The fourth-order valence-corrected chi connectivity index (χ4v) is 4.40. The summed E-state index contributed by atoms with van der Waals surface area (Å²) in [6, 6.07) is 10.3. The van der Waals surface area contributed by atoms with Crippen LogP contribution in [-0.2, 0) is 11.8 Å². The van der Waals surface area contributed by atoms with E-state index in [0.717, 1.165) is 51.4 Å². The molecule has 178 valence electrons. The average Bonchev–Trinajstić information content (AvgIpc) is 3.58. The summed E-state index contributed by atoms with van der Waals surface area (Å²) in [4.78, 5) is 24.9. The van der Waals surface area contributed by atoms with Crippen molar-refractivity contribution in [3.63, 3.8) is 0 Å². The van der Waals surface area contributed by atoms with Crippen LogP contribution in [0.4, 0.5) is 11.6 Å². The lowest BCUT2D eigenvalue weighted by molar-refractivity contribution is -0.138. The first-order valence-corrected chi connectivity index (χ1v) is 11.7. The number of hydrogen-bond acceptors (Lipinski definition) is 6. The number of hydrogen-bond donors (Lipinski definition) is 2. The monoisotopic (exact) mass is 468 g/mol. The molecular formula is C27H28N6O2. The number of rotatable bonds is 7. The van der Waals surface area contributed by atoms with Gasteiger partial charge in [0.1, 0.15) is 11.6 Å². The number of carbonyl (C=O) groups is 1. The second-order valence-corrected chi connectivity index (χ2v) is 9.43. The molecule has 0 radical (unpaired) electrons. The molecule has 1 saturated carbocycles. The van der Waals surface area contributed by atoms with Crippen LogP contribution in [0, 0.1) is 12.8 Å². The van der Waals surface area contributed by atoms with Crippen LogP contribution in [0.3, 0.4) is 0 Å². The molecule has 0 saturated heterocycles. The van der Waals surface area contributed by atoms with E-state index >= 15 is 0 Å². The number of nitrogens with zero attached hydrogens (tertiary/aromatic N) is 5. The van der Waals surface area contributed by atoms with E-state index in [0.29, 0.717) is 5.82 Å². The van der Waals surface area contributed by atoms with Crippen molar-refractivity contribution in [2.75, 3.05) is 5.32 Å². The predicted molar refractivity (Wildman–Crippen MR) is 134 cm³/mol. The van der Waals surface area contributed by atoms with Crippen LogP contribution in [0.15, 0.2) is 55.1 Å². The van der Waals surface area contributed by atoms with Gasteiger partial charge in [0.2, 0.25) is 0 Å². The van der Waals surface area contributed by atoms with E-state index in [1.807, 2.05) is 25.4 Å². The number of aryl methyl sites for hydroxylation is 2. The highest BCUT2D eigenvalue weighted by atomic mass is 16.4. The maximum atomic E-state index is 11.2. The van der Waals surface area contributed by atoms with Crippen LogP contribution < -0.4 is 5.32 Å². The van der Waals surface area contributed by atoms with E-state index in [4.69, 9.17) is 4.98 Å². The zero-order chi connectivity index (χ0) is 24.7. The quantitative estimate of drug-likeness (QED) is 0.379. The van der Waals surface area contributed by atoms with Crippen LogP contribution in [0.1, 0.15) is 48.9 Å². The number of benzene rings is 1. The lowest BCUT2D eigenvalue weighted by atomic mass is 9.97. The molecule has 1 aliphatic rings. The molecule has 0 aliphatic heterocycles. The van der Waals surface area contributed by atoms with Gasteiger partial charge in [-0.2, -0.15) is 5.10 Å². The number of nitrogens with one attached hydrogen (secondary N) is 1. The van der Waals surface area contributed by atoms with E-state index < -0.39 is 5.97 Å². The Balaban J connectivity index is 1.38. The number of aliphatic carboxylic acids is 1. The van der Waals surface area contributed by atoms with Crippen LogP contribution >= 0.6 is 0 Å². The third-order valence-electron chi connectivity index (χ3n) is 6.57. The molecule has 3 heterocycles. The third-order valence-corrected chi connectivity index (χ3v) is 6.57. The Morgan fingerprint density at radius 2 is 1.94 bits per heavy atom. The minimum atomic E-state index is -0.708. The maximum absolute atomic E-state index is 11.2. The molecule has 8 heteroatoms. The topological polar surface area (TPSA) is 106 Å². The largest absolute Gasteiger partial charge is 0.481 e. The summed E-state index contributed by atoms with van der Waals surface area (Å²) in [5.41, 5.74) is 6.90. The second kappa shape index (κ2) is 8.94. The van der Waals surface area contributed by atoms with Gasteiger partial charge in [-0.25, -0.2) is 4.98 Å². The first kappa shape index (κ1) is 22.7. The molecule has 1 fully saturated rings. The summed E-state index contributed by atoms with van der Waals surface area (Å²) in [5, 5.41) is 17.0. The Morgan fingerprint density at radius 1 is 1.11 bits per heavy atom. The fourth-order valence-electron chi connectivity index (χ4n) is 4.40. The summed E-state index contributed by atoms with van der Waals surface area (Å²) in [6.07, 6.45) is 7.86. The molecule has 8 nitrogen and oxygen atoms in total. The van der Waals surface area contributed by atoms with E-state index in [2.05, 4.69) is 59.4 Å². The molecule has 3 aromatic heterocycles. The minimum Gasteiger partial charge on any atom is -0.481 e. The van der Waals surface area contributed by atoms with Crippen molar-refractivity contribution >= 4 is 17.6 Å². The van der Waals surface area contributed by atoms with E-state index in [1.165, 1.54) is 0 Å². The van der Waals surface area contributed by atoms with Gasteiger partial charge in [-0.05, 0) is 47.9 Å². The highest BCUT2D eigenvalue weighted by Crippen LogP contribution is 2.48. The normalized spacial score (nSPS) is 16.9. The Kier molecular flexibility index (Phi) is 5.80. The molecule has 5 rings (SSSR count). The van der Waals surface area contributed by atoms with E-state index in [9.17, 15) is 9.90 Å². The van der Waals surface area contributed by atoms with Gasteiger partial charge in [0.25, 0.3) is 0 Å². The zero-order valence-corrected chi connectivity index (χ0v) is 20.2. The standard InChI is InChI=1S/C27H28N6O2/c1-15(2)24-13-28-14-25(31-24)32-26-22(12-30-33(26)4)23-8-6-18(11-29-23)19-7-5-17(9-16(19)3)20-10-21(20)27(34)35/h5-9,11-15,20-21H,10H2,1-4H3,(H,31,32)(H,34,35). The summed E-state index contributed by atoms with van der Waals surface area (Å²) < 4.78 is 1.76. The molecule has 2 atom stereocenters. The fraction of sp³-hybridized carbons (Fsp3) is 0.296. The van der Waals surface area contributed by atoms with Gasteiger partial charge in [-0.1, -0.05) is 38.1 Å². The Morgan fingerprint density at radius 3 is 2.60 bits per heavy atom. The molecule has 35 heavy (non-hydrogen) atoms. The smallest absolute Gasteiger partial charge is 0.307 e. The van der Waals surface area contributed by atoms with Crippen molar-refractivity contribution < 1.29 is 9.90 Å². The zero-order valence-electron chi connectivity index (χ0n) is 20.2. The number of anilines is 2. The Bertz CT molecular complexity index is 1390. The second-order valence-electron chi connectivity index (χ2n) is 9.43. The molecule has 0 bridgehead atoms. The molecule has 0 spiro atoms. The van der Waals surface area contributed by atoms with E-state index in [-0.39, 0.29) is 17.8 Å². The summed E-state index contributed by atoms with van der Waals surface area (Å²) in [7, 11) is 1.87. The van der Waals surface area contributed by atoms with Crippen molar-refractivity contribution in [1.82, 2.24) is 24.7 Å². The van der Waals surface area contributed by atoms with Gasteiger partial charge in [0, 0.05) is 25.0 Å². The number of carboxylic acids is 1. The van der Waals surface area contributed by atoms with Crippen LogP contribution in [0.25, 0.3) is 22.4 Å². The molecule has 4 aromatic rings. The van der Waals surface area contributed by atoms with Gasteiger partial charge < -0.3 is 10.4 Å². The lowest BCUT2D eigenvalue weighted by Gasteiger charge is -2.12. The van der Waals surface area contributed by atoms with Crippen molar-refractivity contribution in [1.29, 1.82) is 0 Å². The summed E-state index contributed by atoms with van der Waals surface area (Å²) in [6.45, 7) is 6.23. The SMILES string of the molecule is Cc1cc(C2CC2C(=O)O)ccc1-c1ccc(-c2cnn(C)c2Nc2cncc(C(C)C)n2)nc1.